The molecule has 1 fully saturated rings. The number of carboxylic acids is 1. The highest BCUT2D eigenvalue weighted by Gasteiger charge is 2.41. The van der Waals surface area contributed by atoms with Crippen molar-refractivity contribution in [2.45, 2.75) is 110 Å². The predicted molar refractivity (Wildman–Crippen MR) is 119 cm³/mol. The fourth-order valence-corrected chi connectivity index (χ4v) is 4.43. The Morgan fingerprint density at radius 3 is 2.27 bits per heavy atom. The van der Waals surface area contributed by atoms with Gasteiger partial charge in [-0.15, -0.1) is 0 Å². The van der Waals surface area contributed by atoms with Gasteiger partial charge in [-0.2, -0.15) is 0 Å². The molecule has 1 aromatic rings. The molecule has 1 amide bonds. The molecule has 0 unspecified atom stereocenters. The van der Waals surface area contributed by atoms with Crippen LogP contribution in [-0.4, -0.2) is 27.1 Å². The lowest BCUT2D eigenvalue weighted by Gasteiger charge is -2.34. The molecule has 2 N–H and O–H groups in total. The maximum absolute atomic E-state index is 13.3. The Morgan fingerprint density at radius 2 is 1.70 bits per heavy atom. The van der Waals surface area contributed by atoms with E-state index in [2.05, 4.69) is 26.1 Å². The summed E-state index contributed by atoms with van der Waals surface area (Å²) in [4.78, 5) is 38.5. The summed E-state index contributed by atoms with van der Waals surface area (Å²) in [6.07, 6.45) is 9.74. The van der Waals surface area contributed by atoms with Crippen LogP contribution in [0.1, 0.15) is 107 Å². The van der Waals surface area contributed by atoms with Crippen LogP contribution in [-0.2, 0) is 24.2 Å². The number of carboxylic acid groups (broad SMARTS) is 1. The van der Waals surface area contributed by atoms with Crippen molar-refractivity contribution < 1.29 is 14.7 Å². The lowest BCUT2D eigenvalue weighted by Crippen LogP contribution is -2.56. The van der Waals surface area contributed by atoms with Crippen LogP contribution in [0.4, 0.5) is 0 Å². The Bertz CT molecular complexity index is 791. The molecule has 6 heteroatoms. The minimum atomic E-state index is -1.26. The molecule has 1 heterocycles. The Balaban J connectivity index is 2.49. The summed E-state index contributed by atoms with van der Waals surface area (Å²) in [6.45, 7) is 6.90. The molecule has 0 atom stereocenters. The minimum absolute atomic E-state index is 0.0843. The molecule has 2 rings (SSSR count). The second kappa shape index (κ2) is 11.3. The van der Waals surface area contributed by atoms with Gasteiger partial charge in [-0.05, 0) is 50.2 Å². The number of carbonyl (C=O) groups is 2. The van der Waals surface area contributed by atoms with Gasteiger partial charge >= 0.3 is 5.97 Å². The molecule has 0 saturated heterocycles. The molecule has 6 nitrogen and oxygen atoms in total. The van der Waals surface area contributed by atoms with Crippen LogP contribution in [0.15, 0.2) is 10.9 Å². The lowest BCUT2D eigenvalue weighted by atomic mass is 9.81. The standard InChI is InChI=1S/C24H38N2O4/c1-4-7-13-20-18(12-6-3)17-19(22(28)26(20)16-8-5-2)21(27)25-24(23(29)30)14-10-9-11-15-24/h17H,4-16H2,1-3H3,(H,25,27)(H,29,30). The largest absolute Gasteiger partial charge is 0.480 e. The second-order valence-corrected chi connectivity index (χ2v) is 8.60. The van der Waals surface area contributed by atoms with Gasteiger partial charge in [-0.1, -0.05) is 59.3 Å². The smallest absolute Gasteiger partial charge is 0.329 e. The summed E-state index contributed by atoms with van der Waals surface area (Å²) in [5, 5.41) is 12.6. The number of aryl methyl sites for hydroxylation is 1. The summed E-state index contributed by atoms with van der Waals surface area (Å²) in [6, 6.07) is 1.73. The average molecular weight is 419 g/mol. The third-order valence-electron chi connectivity index (χ3n) is 6.23. The van der Waals surface area contributed by atoms with E-state index in [-0.39, 0.29) is 11.1 Å². The number of aliphatic carboxylic acids is 1. The quantitative estimate of drug-likeness (QED) is 0.555. The Hall–Kier alpha value is -2.11. The fraction of sp³-hybridized carbons (Fsp3) is 0.708. The zero-order valence-electron chi connectivity index (χ0n) is 18.9. The topological polar surface area (TPSA) is 88.4 Å². The van der Waals surface area contributed by atoms with E-state index in [1.54, 1.807) is 10.6 Å². The number of nitrogens with one attached hydrogen (secondary N) is 1. The molecule has 168 valence electrons. The second-order valence-electron chi connectivity index (χ2n) is 8.60. The number of unbranched alkanes of at least 4 members (excludes halogenated alkanes) is 2. The first-order valence-corrected chi connectivity index (χ1v) is 11.7. The van der Waals surface area contributed by atoms with Crippen LogP contribution in [0.3, 0.4) is 0 Å². The first kappa shape index (κ1) is 24.2. The van der Waals surface area contributed by atoms with E-state index in [0.29, 0.717) is 19.4 Å². The van der Waals surface area contributed by atoms with Crippen molar-refractivity contribution in [1.29, 1.82) is 0 Å². The first-order valence-electron chi connectivity index (χ1n) is 11.7. The summed E-state index contributed by atoms with van der Waals surface area (Å²) in [5.41, 5.74) is 0.616. The number of pyridine rings is 1. The number of carbonyl (C=O) groups excluding carboxylic acids is 1. The lowest BCUT2D eigenvalue weighted by molar-refractivity contribution is -0.145. The van der Waals surface area contributed by atoms with Gasteiger partial charge < -0.3 is 15.0 Å². The predicted octanol–water partition coefficient (Wildman–Crippen LogP) is 4.46. The maximum Gasteiger partial charge on any atom is 0.329 e. The van der Waals surface area contributed by atoms with Gasteiger partial charge in [0.05, 0.1) is 0 Å². The van der Waals surface area contributed by atoms with E-state index in [1.807, 2.05) is 0 Å². The van der Waals surface area contributed by atoms with Crippen molar-refractivity contribution in [3.8, 4) is 0 Å². The molecule has 0 aliphatic heterocycles. The van der Waals surface area contributed by atoms with Gasteiger partial charge in [0.2, 0.25) is 0 Å². The fourth-order valence-electron chi connectivity index (χ4n) is 4.43. The van der Waals surface area contributed by atoms with E-state index in [9.17, 15) is 19.5 Å². The molecular weight excluding hydrogens is 380 g/mol. The molecular formula is C24H38N2O4. The van der Waals surface area contributed by atoms with Crippen LogP contribution < -0.4 is 10.9 Å². The molecule has 30 heavy (non-hydrogen) atoms. The Morgan fingerprint density at radius 1 is 1.03 bits per heavy atom. The number of hydrogen-bond acceptors (Lipinski definition) is 3. The number of aromatic nitrogens is 1. The molecule has 1 aromatic heterocycles. The van der Waals surface area contributed by atoms with Gasteiger partial charge in [0.1, 0.15) is 11.1 Å². The van der Waals surface area contributed by atoms with Gasteiger partial charge in [-0.3, -0.25) is 9.59 Å². The third-order valence-corrected chi connectivity index (χ3v) is 6.23. The molecule has 0 radical (unpaired) electrons. The monoisotopic (exact) mass is 418 g/mol. The summed E-state index contributed by atoms with van der Waals surface area (Å²) >= 11 is 0. The number of nitrogens with zero attached hydrogens (tertiary/aromatic N) is 1. The molecule has 0 bridgehead atoms. The van der Waals surface area contributed by atoms with E-state index in [0.717, 1.165) is 75.5 Å². The van der Waals surface area contributed by atoms with Crippen LogP contribution in [0.2, 0.25) is 0 Å². The maximum atomic E-state index is 13.3. The van der Waals surface area contributed by atoms with E-state index < -0.39 is 17.4 Å². The summed E-state index contributed by atoms with van der Waals surface area (Å²) < 4.78 is 1.79. The van der Waals surface area contributed by atoms with Crippen molar-refractivity contribution in [3.05, 3.63) is 33.2 Å². The number of rotatable bonds is 11. The van der Waals surface area contributed by atoms with Gasteiger partial charge in [0.25, 0.3) is 11.5 Å². The summed E-state index contributed by atoms with van der Waals surface area (Å²) in [7, 11) is 0. The van der Waals surface area contributed by atoms with Gasteiger partial charge in [-0.25, -0.2) is 4.79 Å². The summed E-state index contributed by atoms with van der Waals surface area (Å²) in [5.74, 6) is -1.55. The third kappa shape index (κ3) is 5.52. The highest BCUT2D eigenvalue weighted by atomic mass is 16.4. The Kier molecular flexibility index (Phi) is 9.12. The molecule has 0 aromatic carbocycles. The van der Waals surface area contributed by atoms with Gasteiger partial charge in [0.15, 0.2) is 0 Å². The number of amides is 1. The normalized spacial score (nSPS) is 15.7. The molecule has 1 saturated carbocycles. The molecule has 1 aliphatic rings. The molecule has 0 spiro atoms. The average Bonchev–Trinajstić information content (AvgIpc) is 2.73. The zero-order valence-corrected chi connectivity index (χ0v) is 18.9. The van der Waals surface area contributed by atoms with Crippen LogP contribution in [0.5, 0.6) is 0 Å². The van der Waals surface area contributed by atoms with Gasteiger partial charge in [0, 0.05) is 12.2 Å². The van der Waals surface area contributed by atoms with Crippen molar-refractivity contribution in [2.24, 2.45) is 0 Å². The van der Waals surface area contributed by atoms with E-state index >= 15 is 0 Å². The van der Waals surface area contributed by atoms with Crippen LogP contribution >= 0.6 is 0 Å². The van der Waals surface area contributed by atoms with Crippen LogP contribution in [0, 0.1) is 0 Å². The van der Waals surface area contributed by atoms with Crippen molar-refractivity contribution >= 4 is 11.9 Å². The number of hydrogen-bond donors (Lipinski definition) is 2. The van der Waals surface area contributed by atoms with E-state index in [4.69, 9.17) is 0 Å². The SMILES string of the molecule is CCCCc1c(CCC)cc(C(=O)NC2(C(=O)O)CCCCC2)c(=O)n1CCCC. The molecule has 1 aliphatic carbocycles. The zero-order chi connectivity index (χ0) is 22.1. The van der Waals surface area contributed by atoms with Crippen LogP contribution in [0.25, 0.3) is 0 Å². The van der Waals surface area contributed by atoms with Crippen molar-refractivity contribution in [2.75, 3.05) is 0 Å². The highest BCUT2D eigenvalue weighted by molar-refractivity contribution is 5.97. The minimum Gasteiger partial charge on any atom is -0.480 e. The highest BCUT2D eigenvalue weighted by Crippen LogP contribution is 2.29. The van der Waals surface area contributed by atoms with Crippen molar-refractivity contribution in [3.63, 3.8) is 0 Å². The Labute approximate surface area is 180 Å². The van der Waals surface area contributed by atoms with Crippen molar-refractivity contribution in [1.82, 2.24) is 9.88 Å². The van der Waals surface area contributed by atoms with E-state index in [1.165, 1.54) is 0 Å². The first-order chi connectivity index (χ1) is 14.4.